The molecule has 2 aliphatic carbocycles. The maximum absolute atomic E-state index is 12.6. The number of rotatable bonds is 2. The van der Waals surface area contributed by atoms with Crippen molar-refractivity contribution in [2.24, 2.45) is 16.7 Å². The molecule has 2 aliphatic rings. The summed E-state index contributed by atoms with van der Waals surface area (Å²) in [5.74, 6) is 0.508. The van der Waals surface area contributed by atoms with Crippen molar-refractivity contribution in [3.05, 3.63) is 23.0 Å². The highest BCUT2D eigenvalue weighted by Crippen LogP contribution is 2.62. The standard InChI is InChI=1S/C16H22ClN3O/c1-15(2)9-4-5-16(3,7-9)14(15)20-13(21)11-6-10(18)8-19-12(11)17/h6,8-9,14H,4-5,7,18H2,1-3H3,(H,20,21). The number of nitrogens with zero attached hydrogens (tertiary/aromatic N) is 1. The minimum Gasteiger partial charge on any atom is -0.397 e. The van der Waals surface area contributed by atoms with Gasteiger partial charge in [0.2, 0.25) is 0 Å². The van der Waals surface area contributed by atoms with Crippen LogP contribution in [-0.4, -0.2) is 16.9 Å². The Balaban J connectivity index is 1.86. The molecule has 21 heavy (non-hydrogen) atoms. The van der Waals surface area contributed by atoms with E-state index < -0.39 is 0 Å². The zero-order chi connectivity index (χ0) is 15.4. The fraction of sp³-hybridized carbons (Fsp3) is 0.625. The number of aromatic nitrogens is 1. The molecule has 1 aromatic rings. The normalized spacial score (nSPS) is 33.1. The number of pyridine rings is 1. The van der Waals surface area contributed by atoms with Gasteiger partial charge in [0, 0.05) is 6.04 Å². The summed E-state index contributed by atoms with van der Waals surface area (Å²) in [4.78, 5) is 16.5. The Labute approximate surface area is 130 Å². The Bertz CT molecular complexity index is 596. The zero-order valence-corrected chi connectivity index (χ0v) is 13.5. The summed E-state index contributed by atoms with van der Waals surface area (Å²) in [5, 5.41) is 3.41. The minimum absolute atomic E-state index is 0.114. The van der Waals surface area contributed by atoms with Gasteiger partial charge in [0.25, 0.3) is 5.91 Å². The molecule has 0 aliphatic heterocycles. The van der Waals surface area contributed by atoms with Gasteiger partial charge in [-0.3, -0.25) is 4.79 Å². The van der Waals surface area contributed by atoms with Crippen molar-refractivity contribution in [1.29, 1.82) is 0 Å². The van der Waals surface area contributed by atoms with Crippen molar-refractivity contribution >= 4 is 23.2 Å². The molecular weight excluding hydrogens is 286 g/mol. The van der Waals surface area contributed by atoms with Crippen LogP contribution >= 0.6 is 11.6 Å². The average Bonchev–Trinajstić information content (AvgIpc) is 2.88. The number of halogens is 1. The lowest BCUT2D eigenvalue weighted by Crippen LogP contribution is -2.52. The van der Waals surface area contributed by atoms with Crippen molar-refractivity contribution in [1.82, 2.24) is 10.3 Å². The lowest BCUT2D eigenvalue weighted by molar-refractivity contribution is 0.0737. The van der Waals surface area contributed by atoms with E-state index in [0.29, 0.717) is 17.2 Å². The second-order valence-electron chi connectivity index (χ2n) is 7.43. The third kappa shape index (κ3) is 2.20. The summed E-state index contributed by atoms with van der Waals surface area (Å²) >= 11 is 6.03. The Kier molecular flexibility index (Phi) is 3.21. The Morgan fingerprint density at radius 2 is 2.19 bits per heavy atom. The van der Waals surface area contributed by atoms with E-state index in [1.807, 2.05) is 0 Å². The topological polar surface area (TPSA) is 68.0 Å². The number of anilines is 1. The van der Waals surface area contributed by atoms with Crippen molar-refractivity contribution in [3.63, 3.8) is 0 Å². The summed E-state index contributed by atoms with van der Waals surface area (Å²) in [6.07, 6.45) is 5.08. The van der Waals surface area contributed by atoms with Gasteiger partial charge in [0.1, 0.15) is 5.15 Å². The maximum atomic E-state index is 12.6. The molecular formula is C16H22ClN3O. The van der Waals surface area contributed by atoms with Gasteiger partial charge in [-0.15, -0.1) is 0 Å². The fourth-order valence-corrected chi connectivity index (χ4v) is 4.68. The van der Waals surface area contributed by atoms with E-state index in [-0.39, 0.29) is 27.9 Å². The summed E-state index contributed by atoms with van der Waals surface area (Å²) < 4.78 is 0. The molecule has 3 atom stereocenters. The Hall–Kier alpha value is -1.29. The molecule has 0 saturated heterocycles. The first-order valence-electron chi connectivity index (χ1n) is 7.46. The number of nitrogen functional groups attached to an aromatic ring is 1. The van der Waals surface area contributed by atoms with Crippen molar-refractivity contribution in [2.75, 3.05) is 5.73 Å². The van der Waals surface area contributed by atoms with E-state index in [2.05, 4.69) is 31.1 Å². The number of nitrogens with two attached hydrogens (primary N) is 1. The van der Waals surface area contributed by atoms with Crippen LogP contribution in [0.25, 0.3) is 0 Å². The number of carbonyl (C=O) groups is 1. The van der Waals surface area contributed by atoms with Gasteiger partial charge in [-0.05, 0) is 42.1 Å². The number of hydrogen-bond donors (Lipinski definition) is 2. The second kappa shape index (κ2) is 4.60. The first-order chi connectivity index (χ1) is 9.74. The highest BCUT2D eigenvalue weighted by Gasteiger charge is 2.59. The SMILES string of the molecule is CC12CCC(C1)C(C)(C)C2NC(=O)c1cc(N)cnc1Cl. The molecule has 3 rings (SSSR count). The number of amides is 1. The molecule has 2 fully saturated rings. The fourth-order valence-electron chi connectivity index (χ4n) is 4.49. The largest absolute Gasteiger partial charge is 0.397 e. The predicted octanol–water partition coefficient (Wildman–Crippen LogP) is 3.26. The highest BCUT2D eigenvalue weighted by molar-refractivity contribution is 6.32. The minimum atomic E-state index is -0.174. The first kappa shape index (κ1) is 14.6. The molecule has 0 spiro atoms. The van der Waals surface area contributed by atoms with Crippen LogP contribution in [-0.2, 0) is 0 Å². The van der Waals surface area contributed by atoms with E-state index in [0.717, 1.165) is 0 Å². The van der Waals surface area contributed by atoms with Crippen molar-refractivity contribution < 1.29 is 4.79 Å². The van der Waals surface area contributed by atoms with Crippen LogP contribution in [0.4, 0.5) is 5.69 Å². The summed E-state index contributed by atoms with van der Waals surface area (Å²) in [7, 11) is 0. The smallest absolute Gasteiger partial charge is 0.254 e. The van der Waals surface area contributed by atoms with E-state index >= 15 is 0 Å². The second-order valence-corrected chi connectivity index (χ2v) is 7.79. The van der Waals surface area contributed by atoms with Crippen LogP contribution in [0, 0.1) is 16.7 Å². The average molecular weight is 308 g/mol. The van der Waals surface area contributed by atoms with Crippen LogP contribution in [0.2, 0.25) is 5.15 Å². The number of hydrogen-bond acceptors (Lipinski definition) is 3. The summed E-state index contributed by atoms with van der Waals surface area (Å²) in [6, 6.07) is 1.75. The first-order valence-corrected chi connectivity index (χ1v) is 7.84. The Morgan fingerprint density at radius 3 is 2.81 bits per heavy atom. The molecule has 3 N–H and O–H groups in total. The van der Waals surface area contributed by atoms with Gasteiger partial charge < -0.3 is 11.1 Å². The molecule has 3 unspecified atom stereocenters. The monoisotopic (exact) mass is 307 g/mol. The molecule has 5 heteroatoms. The van der Waals surface area contributed by atoms with Crippen LogP contribution in [0.1, 0.15) is 50.4 Å². The number of nitrogens with one attached hydrogen (secondary N) is 1. The van der Waals surface area contributed by atoms with E-state index in [9.17, 15) is 4.79 Å². The van der Waals surface area contributed by atoms with E-state index in [4.69, 9.17) is 17.3 Å². The van der Waals surface area contributed by atoms with Gasteiger partial charge in [0.05, 0.1) is 17.4 Å². The third-order valence-corrected chi connectivity index (χ3v) is 5.95. The van der Waals surface area contributed by atoms with E-state index in [1.165, 1.54) is 25.5 Å². The van der Waals surface area contributed by atoms with Gasteiger partial charge in [0.15, 0.2) is 0 Å². The van der Waals surface area contributed by atoms with Crippen molar-refractivity contribution in [2.45, 2.75) is 46.1 Å². The predicted molar refractivity (Wildman–Crippen MR) is 84.1 cm³/mol. The zero-order valence-electron chi connectivity index (χ0n) is 12.7. The third-order valence-electron chi connectivity index (χ3n) is 5.65. The van der Waals surface area contributed by atoms with Crippen LogP contribution in [0.15, 0.2) is 12.3 Å². The van der Waals surface area contributed by atoms with Crippen LogP contribution in [0.5, 0.6) is 0 Å². The maximum Gasteiger partial charge on any atom is 0.254 e. The van der Waals surface area contributed by atoms with Crippen LogP contribution < -0.4 is 11.1 Å². The molecule has 0 radical (unpaired) electrons. The van der Waals surface area contributed by atoms with Gasteiger partial charge >= 0.3 is 0 Å². The molecule has 1 amide bonds. The van der Waals surface area contributed by atoms with Gasteiger partial charge in [-0.1, -0.05) is 32.4 Å². The molecule has 2 bridgehead atoms. The molecule has 1 heterocycles. The molecule has 0 aromatic carbocycles. The lowest BCUT2D eigenvalue weighted by Gasteiger charge is -2.43. The molecule has 2 saturated carbocycles. The number of fused-ring (bicyclic) bond motifs is 2. The number of carbonyl (C=O) groups excluding carboxylic acids is 1. The Morgan fingerprint density at radius 1 is 1.48 bits per heavy atom. The van der Waals surface area contributed by atoms with Crippen LogP contribution in [0.3, 0.4) is 0 Å². The highest BCUT2D eigenvalue weighted by atomic mass is 35.5. The summed E-state index contributed by atoms with van der Waals surface area (Å²) in [6.45, 7) is 6.80. The van der Waals surface area contributed by atoms with Crippen molar-refractivity contribution in [3.8, 4) is 0 Å². The molecule has 4 nitrogen and oxygen atoms in total. The van der Waals surface area contributed by atoms with Gasteiger partial charge in [-0.2, -0.15) is 0 Å². The quantitative estimate of drug-likeness (QED) is 0.824. The summed E-state index contributed by atoms with van der Waals surface area (Å²) in [5.41, 5.74) is 6.82. The lowest BCUT2D eigenvalue weighted by atomic mass is 9.68. The van der Waals surface area contributed by atoms with E-state index in [1.54, 1.807) is 6.07 Å². The molecule has 114 valence electrons. The molecule has 1 aromatic heterocycles. The van der Waals surface area contributed by atoms with Gasteiger partial charge in [-0.25, -0.2) is 4.98 Å².